The van der Waals surface area contributed by atoms with E-state index in [0.717, 1.165) is 27.3 Å². The van der Waals surface area contributed by atoms with Gasteiger partial charge in [-0.25, -0.2) is 4.79 Å². The fraction of sp³-hybridized carbons (Fsp3) is 0.375. The number of carbonyl (C=O) groups excluding carboxylic acids is 4. The Kier molecular flexibility index (Phi) is 9.79. The van der Waals surface area contributed by atoms with Gasteiger partial charge in [-0.05, 0) is 50.1 Å². The van der Waals surface area contributed by atoms with Crippen LogP contribution in [-0.2, 0) is 28.7 Å². The van der Waals surface area contributed by atoms with Gasteiger partial charge in [0.25, 0.3) is 5.91 Å². The minimum Gasteiger partial charge on any atom is -0.380 e. The predicted octanol–water partition coefficient (Wildman–Crippen LogP) is 2.56. The third-order valence-corrected chi connectivity index (χ3v) is 8.85. The maximum Gasteiger partial charge on any atom is 0.332 e. The van der Waals surface area contributed by atoms with Gasteiger partial charge in [0.05, 0.1) is 38.0 Å². The molecule has 1 aromatic carbocycles. The van der Waals surface area contributed by atoms with E-state index in [1.807, 2.05) is 32.0 Å². The monoisotopic (exact) mass is 648 g/mol. The Labute approximate surface area is 270 Å². The molecule has 2 saturated heterocycles. The molecule has 3 amide bonds. The third-order valence-electron chi connectivity index (χ3n) is 7.74. The number of benzene rings is 1. The zero-order valence-corrected chi connectivity index (χ0v) is 26.8. The average molecular weight is 649 g/mol. The largest absolute Gasteiger partial charge is 0.380 e. The molecule has 46 heavy (non-hydrogen) atoms. The number of hydrogen-bond acceptors (Lipinski definition) is 10. The van der Waals surface area contributed by atoms with E-state index in [0.29, 0.717) is 24.3 Å². The van der Waals surface area contributed by atoms with Crippen LogP contribution in [0.15, 0.2) is 53.1 Å². The van der Waals surface area contributed by atoms with Crippen LogP contribution in [0.5, 0.6) is 0 Å². The highest BCUT2D eigenvalue weighted by Gasteiger charge is 2.52. The molecule has 2 atom stereocenters. The number of pyridine rings is 1. The summed E-state index contributed by atoms with van der Waals surface area (Å²) < 4.78 is 11.7. The number of amides is 3. The van der Waals surface area contributed by atoms with Crippen LogP contribution in [-0.4, -0.2) is 77.5 Å². The number of thiophene rings is 1. The summed E-state index contributed by atoms with van der Waals surface area (Å²) in [5.41, 5.74) is 10.6. The molecular weight excluding hydrogens is 612 g/mol. The maximum absolute atomic E-state index is 13.5. The van der Waals surface area contributed by atoms with Crippen molar-refractivity contribution in [3.8, 4) is 11.3 Å². The first kappa shape index (κ1) is 32.7. The van der Waals surface area contributed by atoms with Crippen LogP contribution in [0.3, 0.4) is 0 Å². The summed E-state index contributed by atoms with van der Waals surface area (Å²) in [6, 6.07) is 9.47. The first-order chi connectivity index (χ1) is 21.9. The molecule has 0 aliphatic carbocycles. The number of ether oxygens (including phenoxy) is 2. The molecule has 2 fully saturated rings. The number of hydrogen-bond donors (Lipinski definition) is 3. The number of oxime groups is 1. The van der Waals surface area contributed by atoms with Gasteiger partial charge in [-0.1, -0.05) is 23.4 Å². The van der Waals surface area contributed by atoms with Crippen LogP contribution in [0.2, 0.25) is 0 Å². The lowest BCUT2D eigenvalue weighted by molar-refractivity contribution is -0.152. The summed E-state index contributed by atoms with van der Waals surface area (Å²) in [4.78, 5) is 62.2. The van der Waals surface area contributed by atoms with Crippen molar-refractivity contribution < 1.29 is 33.5 Å². The van der Waals surface area contributed by atoms with Gasteiger partial charge in [-0.2, -0.15) is 0 Å². The molecule has 242 valence electrons. The minimum absolute atomic E-state index is 0.0256. The van der Waals surface area contributed by atoms with E-state index in [2.05, 4.69) is 25.6 Å². The van der Waals surface area contributed by atoms with E-state index in [4.69, 9.17) is 15.2 Å². The molecule has 4 heterocycles. The molecule has 1 unspecified atom stereocenters. The van der Waals surface area contributed by atoms with Gasteiger partial charge in [0.1, 0.15) is 6.04 Å². The Balaban J connectivity index is 1.22. The van der Waals surface area contributed by atoms with Crippen molar-refractivity contribution in [2.24, 2.45) is 10.9 Å². The van der Waals surface area contributed by atoms with E-state index < -0.39 is 41.6 Å². The number of amidine groups is 1. The molecule has 2 aliphatic heterocycles. The number of rotatable bonds is 9. The molecule has 1 spiro atoms. The van der Waals surface area contributed by atoms with E-state index in [-0.39, 0.29) is 25.3 Å². The Hall–Kier alpha value is -4.66. The molecule has 3 aromatic rings. The van der Waals surface area contributed by atoms with E-state index in [9.17, 15) is 19.2 Å². The topological polar surface area (TPSA) is 175 Å². The number of aryl methyl sites for hydroxylation is 2. The highest BCUT2D eigenvalue weighted by Crippen LogP contribution is 2.35. The number of aromatic nitrogens is 1. The highest BCUT2D eigenvalue weighted by molar-refractivity contribution is 7.10. The minimum atomic E-state index is -1.08. The van der Waals surface area contributed by atoms with Gasteiger partial charge in [-0.3, -0.25) is 19.4 Å². The summed E-state index contributed by atoms with van der Waals surface area (Å²) >= 11 is 1.34. The molecule has 2 aromatic heterocycles. The van der Waals surface area contributed by atoms with Crippen LogP contribution >= 0.6 is 11.3 Å². The van der Waals surface area contributed by atoms with Crippen molar-refractivity contribution in [1.82, 2.24) is 20.5 Å². The Morgan fingerprint density at radius 3 is 2.54 bits per heavy atom. The van der Waals surface area contributed by atoms with Crippen molar-refractivity contribution >= 4 is 40.9 Å². The molecular formula is C32H36N6O7S. The maximum atomic E-state index is 13.5. The van der Waals surface area contributed by atoms with E-state index in [1.165, 1.54) is 23.2 Å². The lowest BCUT2D eigenvalue weighted by Crippen LogP contribution is -2.49. The van der Waals surface area contributed by atoms with Gasteiger partial charge in [0.2, 0.25) is 11.8 Å². The van der Waals surface area contributed by atoms with Crippen molar-refractivity contribution in [1.29, 1.82) is 0 Å². The Morgan fingerprint density at radius 2 is 1.87 bits per heavy atom. The highest BCUT2D eigenvalue weighted by atomic mass is 32.1. The SMILES string of the molecule is CC(=O)ON=C(N)c1csc([C@@H](C)NC(=O)C2CC3(CN2C(=O)CNC(=O)c2ccc(-c4ncc(C)cc4C)cc2)OCCO3)c1. The van der Waals surface area contributed by atoms with Gasteiger partial charge < -0.3 is 35.6 Å². The van der Waals surface area contributed by atoms with Crippen LogP contribution in [0.1, 0.15) is 58.2 Å². The van der Waals surface area contributed by atoms with Crippen LogP contribution in [0.25, 0.3) is 11.3 Å². The molecule has 2 aliphatic rings. The summed E-state index contributed by atoms with van der Waals surface area (Å²) in [6.45, 7) is 7.43. The predicted molar refractivity (Wildman–Crippen MR) is 170 cm³/mol. The van der Waals surface area contributed by atoms with Crippen molar-refractivity contribution in [3.05, 3.63) is 75.1 Å². The Morgan fingerprint density at radius 1 is 1.15 bits per heavy atom. The fourth-order valence-corrected chi connectivity index (χ4v) is 6.37. The zero-order chi connectivity index (χ0) is 33.0. The molecule has 0 bridgehead atoms. The standard InChI is InChI=1S/C32H36N6O7S/c1-18-11-19(2)28(34-14-18)22-5-7-23(8-6-22)30(41)35-15-27(40)38-17-32(43-9-10-44-32)13-25(38)31(42)36-20(3)26-12-24(16-46-26)29(33)37-45-21(4)39/h5-8,11-12,14,16,20,25H,9-10,13,15,17H2,1-4H3,(H2,33,37)(H,35,41)(H,36,42)/t20-,25?/m1/s1. The second-order valence-electron chi connectivity index (χ2n) is 11.3. The summed E-state index contributed by atoms with van der Waals surface area (Å²) in [7, 11) is 0. The molecule has 4 N–H and O–H groups in total. The average Bonchev–Trinajstić information content (AvgIpc) is 3.79. The Bertz CT molecular complexity index is 1670. The normalized spacial score (nSPS) is 18.0. The quantitative estimate of drug-likeness (QED) is 0.136. The first-order valence-corrected chi connectivity index (χ1v) is 15.6. The zero-order valence-electron chi connectivity index (χ0n) is 26.0. The molecule has 0 saturated carbocycles. The fourth-order valence-electron chi connectivity index (χ4n) is 5.46. The molecule has 14 heteroatoms. The van der Waals surface area contributed by atoms with Crippen LogP contribution in [0, 0.1) is 13.8 Å². The second-order valence-corrected chi connectivity index (χ2v) is 12.3. The lowest BCUT2D eigenvalue weighted by Gasteiger charge is -2.25. The number of nitrogens with one attached hydrogen (secondary N) is 2. The van der Waals surface area contributed by atoms with Gasteiger partial charge in [0, 0.05) is 46.5 Å². The number of carbonyl (C=O) groups is 4. The number of nitrogens with zero attached hydrogens (tertiary/aromatic N) is 3. The number of nitrogens with two attached hydrogens (primary N) is 1. The van der Waals surface area contributed by atoms with E-state index >= 15 is 0 Å². The summed E-state index contributed by atoms with van der Waals surface area (Å²) in [5, 5.41) is 11.0. The molecule has 0 radical (unpaired) electrons. The van der Waals surface area contributed by atoms with Crippen LogP contribution in [0.4, 0.5) is 0 Å². The van der Waals surface area contributed by atoms with Gasteiger partial charge in [-0.15, -0.1) is 11.3 Å². The van der Waals surface area contributed by atoms with Crippen molar-refractivity contribution in [2.75, 3.05) is 26.3 Å². The first-order valence-electron chi connectivity index (χ1n) is 14.7. The molecule has 5 rings (SSSR count). The summed E-state index contributed by atoms with van der Waals surface area (Å²) in [6.07, 6.45) is 1.95. The lowest BCUT2D eigenvalue weighted by atomic mass is 10.0. The molecule has 13 nitrogen and oxygen atoms in total. The smallest absolute Gasteiger partial charge is 0.332 e. The van der Waals surface area contributed by atoms with Gasteiger partial charge >= 0.3 is 5.97 Å². The second kappa shape index (κ2) is 13.8. The van der Waals surface area contributed by atoms with E-state index in [1.54, 1.807) is 36.7 Å². The summed E-state index contributed by atoms with van der Waals surface area (Å²) in [5.74, 6) is -2.91. The van der Waals surface area contributed by atoms with Gasteiger partial charge in [0.15, 0.2) is 11.6 Å². The third kappa shape index (κ3) is 7.41. The van der Waals surface area contributed by atoms with Crippen molar-refractivity contribution in [2.45, 2.75) is 52.0 Å². The van der Waals surface area contributed by atoms with Crippen LogP contribution < -0.4 is 16.4 Å². The number of likely N-dealkylation sites (tertiary alicyclic amines) is 1. The van der Waals surface area contributed by atoms with Crippen molar-refractivity contribution in [3.63, 3.8) is 0 Å².